The van der Waals surface area contributed by atoms with Gasteiger partial charge in [-0.25, -0.2) is 13.4 Å². The van der Waals surface area contributed by atoms with Gasteiger partial charge in [0.2, 0.25) is 0 Å². The van der Waals surface area contributed by atoms with E-state index in [0.717, 1.165) is 28.2 Å². The Balaban J connectivity index is 1.83. The predicted molar refractivity (Wildman–Crippen MR) is 78.3 cm³/mol. The minimum absolute atomic E-state index is 0.163. The first-order valence-corrected chi connectivity index (χ1v) is 8.96. The molecular weight excluding hydrogens is 278 g/mol. The highest BCUT2D eigenvalue weighted by molar-refractivity contribution is 7.91. The largest absolute Gasteiger partial charge is 0.242 e. The van der Waals surface area contributed by atoms with Gasteiger partial charge in [-0.1, -0.05) is 24.3 Å². The minimum atomic E-state index is -2.81. The minimum Gasteiger partial charge on any atom is -0.242 e. The van der Waals surface area contributed by atoms with Crippen molar-refractivity contribution in [3.05, 3.63) is 40.2 Å². The molecule has 0 aliphatic carbocycles. The molecule has 1 aromatic carbocycles. The zero-order valence-electron chi connectivity index (χ0n) is 10.7. The van der Waals surface area contributed by atoms with Crippen molar-refractivity contribution < 1.29 is 8.42 Å². The van der Waals surface area contributed by atoms with Gasteiger partial charge in [0.1, 0.15) is 0 Å². The molecule has 1 fully saturated rings. The number of hydrogen-bond donors (Lipinski definition) is 0. The van der Waals surface area contributed by atoms with Crippen molar-refractivity contribution in [2.24, 2.45) is 0 Å². The number of hydrogen-bond acceptors (Lipinski definition) is 4. The Hall–Kier alpha value is -1.20. The van der Waals surface area contributed by atoms with Crippen LogP contribution in [-0.2, 0) is 9.84 Å². The summed E-state index contributed by atoms with van der Waals surface area (Å²) >= 11 is 1.64. The molecule has 1 aliphatic rings. The number of nitrogens with zero attached hydrogens (tertiary/aromatic N) is 1. The Kier molecular flexibility index (Phi) is 3.19. The topological polar surface area (TPSA) is 47.0 Å². The summed E-state index contributed by atoms with van der Waals surface area (Å²) in [6.45, 7) is 1.99. The molecule has 3 nitrogen and oxygen atoms in total. The third kappa shape index (κ3) is 2.72. The van der Waals surface area contributed by atoms with Crippen molar-refractivity contribution in [1.82, 2.24) is 4.98 Å². The van der Waals surface area contributed by atoms with Crippen LogP contribution in [0.15, 0.2) is 29.6 Å². The van der Waals surface area contributed by atoms with Gasteiger partial charge in [0.05, 0.1) is 22.2 Å². The fraction of sp³-hybridized carbons (Fsp3) is 0.357. The maximum atomic E-state index is 11.5. The second-order valence-corrected chi connectivity index (χ2v) is 8.26. The summed E-state index contributed by atoms with van der Waals surface area (Å²) in [5.74, 6) is 0.781. The second-order valence-electron chi connectivity index (χ2n) is 4.97. The Bertz CT molecular complexity index is 686. The smallest absolute Gasteiger partial charge is 0.150 e. The lowest BCUT2D eigenvalue weighted by atomic mass is 9.97. The van der Waals surface area contributed by atoms with E-state index in [1.807, 2.05) is 36.6 Å². The molecule has 0 unspecified atom stereocenters. The average molecular weight is 293 g/mol. The average Bonchev–Trinajstić information content (AvgIpc) is 2.96. The van der Waals surface area contributed by atoms with Crippen molar-refractivity contribution in [3.63, 3.8) is 0 Å². The first-order chi connectivity index (χ1) is 9.03. The SMILES string of the molecule is Cc1nc(-c2ccc([C@@H]3CCS(=O)(=O)C3)cc2)cs1. The van der Waals surface area contributed by atoms with Gasteiger partial charge in [-0.2, -0.15) is 0 Å². The van der Waals surface area contributed by atoms with Gasteiger partial charge in [0, 0.05) is 10.9 Å². The molecule has 0 saturated carbocycles. The summed E-state index contributed by atoms with van der Waals surface area (Å²) in [6, 6.07) is 8.15. The molecule has 1 atom stereocenters. The van der Waals surface area contributed by atoms with Crippen molar-refractivity contribution in [1.29, 1.82) is 0 Å². The van der Waals surface area contributed by atoms with Crippen LogP contribution in [0.3, 0.4) is 0 Å². The van der Waals surface area contributed by atoms with Gasteiger partial charge in [0.25, 0.3) is 0 Å². The Labute approximate surface area is 117 Å². The van der Waals surface area contributed by atoms with E-state index < -0.39 is 9.84 Å². The molecule has 100 valence electrons. The zero-order valence-corrected chi connectivity index (χ0v) is 12.3. The Morgan fingerprint density at radius 1 is 1.26 bits per heavy atom. The van der Waals surface area contributed by atoms with Crippen LogP contribution in [0.25, 0.3) is 11.3 Å². The summed E-state index contributed by atoms with van der Waals surface area (Å²) in [4.78, 5) is 4.45. The van der Waals surface area contributed by atoms with Crippen LogP contribution in [0.4, 0.5) is 0 Å². The van der Waals surface area contributed by atoms with Crippen LogP contribution in [0.5, 0.6) is 0 Å². The summed E-state index contributed by atoms with van der Waals surface area (Å²) in [5.41, 5.74) is 3.21. The van der Waals surface area contributed by atoms with Gasteiger partial charge in [-0.05, 0) is 24.8 Å². The van der Waals surface area contributed by atoms with Crippen LogP contribution >= 0.6 is 11.3 Å². The highest BCUT2D eigenvalue weighted by atomic mass is 32.2. The standard InChI is InChI=1S/C14H15NO2S2/c1-10-15-14(8-18-10)12-4-2-11(3-5-12)13-6-7-19(16,17)9-13/h2-5,8,13H,6-7,9H2,1H3/t13-/m1/s1. The van der Waals surface area contributed by atoms with Gasteiger partial charge >= 0.3 is 0 Å². The van der Waals surface area contributed by atoms with Crippen LogP contribution in [0.1, 0.15) is 22.9 Å². The summed E-state index contributed by atoms with van der Waals surface area (Å²) in [6.07, 6.45) is 0.748. The number of benzene rings is 1. The molecule has 3 rings (SSSR count). The van der Waals surface area contributed by atoms with Crippen molar-refractivity contribution >= 4 is 21.2 Å². The Morgan fingerprint density at radius 3 is 2.53 bits per heavy atom. The van der Waals surface area contributed by atoms with E-state index in [2.05, 4.69) is 4.98 Å². The lowest BCUT2D eigenvalue weighted by molar-refractivity contribution is 0.601. The molecule has 1 aromatic heterocycles. The maximum absolute atomic E-state index is 11.5. The molecule has 2 aromatic rings. The fourth-order valence-corrected chi connectivity index (χ4v) is 4.88. The molecule has 0 N–H and O–H groups in total. The van der Waals surface area contributed by atoms with E-state index in [0.29, 0.717) is 11.5 Å². The predicted octanol–water partition coefficient (Wildman–Crippen LogP) is 3.02. The van der Waals surface area contributed by atoms with E-state index in [1.165, 1.54) is 0 Å². The third-order valence-corrected chi connectivity index (χ3v) is 6.07. The third-order valence-electron chi connectivity index (χ3n) is 3.53. The van der Waals surface area contributed by atoms with Crippen LogP contribution < -0.4 is 0 Å². The Morgan fingerprint density at radius 2 is 2.00 bits per heavy atom. The van der Waals surface area contributed by atoms with Crippen LogP contribution in [-0.4, -0.2) is 24.9 Å². The van der Waals surface area contributed by atoms with Crippen LogP contribution in [0, 0.1) is 6.92 Å². The monoisotopic (exact) mass is 293 g/mol. The van der Waals surface area contributed by atoms with E-state index >= 15 is 0 Å². The molecular formula is C14H15NO2S2. The van der Waals surface area contributed by atoms with E-state index in [-0.39, 0.29) is 5.92 Å². The molecule has 2 heterocycles. The summed E-state index contributed by atoms with van der Waals surface area (Å²) < 4.78 is 23.0. The van der Waals surface area contributed by atoms with Gasteiger partial charge in [-0.15, -0.1) is 11.3 Å². The molecule has 1 aliphatic heterocycles. The quantitative estimate of drug-likeness (QED) is 0.855. The fourth-order valence-electron chi connectivity index (χ4n) is 2.48. The number of thiazole rings is 1. The lowest BCUT2D eigenvalue weighted by Gasteiger charge is -2.08. The molecule has 5 heteroatoms. The van der Waals surface area contributed by atoms with Gasteiger partial charge in [0.15, 0.2) is 9.84 Å². The zero-order chi connectivity index (χ0) is 13.5. The number of aryl methyl sites for hydroxylation is 1. The van der Waals surface area contributed by atoms with Crippen LogP contribution in [0.2, 0.25) is 0 Å². The summed E-state index contributed by atoms with van der Waals surface area (Å²) in [7, 11) is -2.81. The number of rotatable bonds is 2. The van der Waals surface area contributed by atoms with Gasteiger partial charge in [-0.3, -0.25) is 0 Å². The highest BCUT2D eigenvalue weighted by Crippen LogP contribution is 2.30. The highest BCUT2D eigenvalue weighted by Gasteiger charge is 2.28. The number of aromatic nitrogens is 1. The van der Waals surface area contributed by atoms with E-state index in [1.54, 1.807) is 11.3 Å². The molecule has 0 radical (unpaired) electrons. The summed E-state index contributed by atoms with van der Waals surface area (Å²) in [5, 5.41) is 3.10. The number of sulfone groups is 1. The van der Waals surface area contributed by atoms with E-state index in [9.17, 15) is 8.42 Å². The normalized spacial score (nSPS) is 21.6. The second kappa shape index (κ2) is 4.72. The van der Waals surface area contributed by atoms with Crippen molar-refractivity contribution in [3.8, 4) is 11.3 Å². The van der Waals surface area contributed by atoms with Gasteiger partial charge < -0.3 is 0 Å². The first-order valence-electron chi connectivity index (χ1n) is 6.26. The first kappa shape index (κ1) is 12.8. The lowest BCUT2D eigenvalue weighted by Crippen LogP contribution is -2.03. The molecule has 0 bridgehead atoms. The molecule has 1 saturated heterocycles. The molecule has 0 spiro atoms. The van der Waals surface area contributed by atoms with Crippen molar-refractivity contribution in [2.45, 2.75) is 19.3 Å². The maximum Gasteiger partial charge on any atom is 0.150 e. The van der Waals surface area contributed by atoms with Crippen molar-refractivity contribution in [2.75, 3.05) is 11.5 Å². The molecule has 0 amide bonds. The van der Waals surface area contributed by atoms with E-state index in [4.69, 9.17) is 0 Å². The molecule has 19 heavy (non-hydrogen) atoms.